The number of halogens is 1. The van der Waals surface area contributed by atoms with Crippen LogP contribution in [0.2, 0.25) is 0 Å². The van der Waals surface area contributed by atoms with Crippen LogP contribution < -0.4 is 30.2 Å². The van der Waals surface area contributed by atoms with Gasteiger partial charge in [0.05, 0.1) is 19.1 Å². The van der Waals surface area contributed by atoms with Crippen LogP contribution >= 0.6 is 12.4 Å². The van der Waals surface area contributed by atoms with Crippen molar-refractivity contribution in [1.82, 2.24) is 5.32 Å². The lowest BCUT2D eigenvalue weighted by Gasteiger charge is -2.21. The number of esters is 1. The fourth-order valence-corrected chi connectivity index (χ4v) is 5.66. The lowest BCUT2D eigenvalue weighted by molar-refractivity contribution is -0.155. The molecule has 3 aromatic carbocycles. The number of carbonyl (C=O) groups excluding carboxylic acids is 1. The molecule has 4 atom stereocenters. The molecule has 0 aliphatic carbocycles. The molecule has 0 unspecified atom stereocenters. The van der Waals surface area contributed by atoms with Gasteiger partial charge in [-0.05, 0) is 120 Å². The molecule has 3 N–H and O–H groups in total. The average Bonchev–Trinajstić information content (AvgIpc) is 3.70. The Labute approximate surface area is 294 Å². The molecular weight excluding hydrogens is 626 g/mol. The predicted octanol–water partition coefficient (Wildman–Crippen LogP) is 7.84. The van der Waals surface area contributed by atoms with Crippen molar-refractivity contribution in [3.8, 4) is 17.2 Å². The van der Waals surface area contributed by atoms with Crippen molar-refractivity contribution < 1.29 is 23.7 Å². The molecule has 2 heterocycles. The van der Waals surface area contributed by atoms with Crippen molar-refractivity contribution in [2.75, 3.05) is 31.1 Å². The van der Waals surface area contributed by atoms with Gasteiger partial charge in [-0.2, -0.15) is 0 Å². The number of rotatable bonds is 11. The number of benzene rings is 3. The summed E-state index contributed by atoms with van der Waals surface area (Å²) in [6.07, 6.45) is 3.15. The first-order chi connectivity index (χ1) is 22.3. The molecule has 5 rings (SSSR count). The highest BCUT2D eigenvalue weighted by molar-refractivity contribution is 5.85. The molecule has 0 saturated carbocycles. The van der Waals surface area contributed by atoms with Crippen LogP contribution in [0.5, 0.6) is 17.2 Å². The minimum atomic E-state index is -0.427. The van der Waals surface area contributed by atoms with Gasteiger partial charge in [-0.25, -0.2) is 0 Å². The van der Waals surface area contributed by atoms with Crippen LogP contribution in [-0.4, -0.2) is 56.1 Å². The van der Waals surface area contributed by atoms with Crippen molar-refractivity contribution >= 4 is 24.1 Å². The number of hydrogen-bond donors (Lipinski definition) is 2. The molecular formula is C39H56ClN3O5. The van der Waals surface area contributed by atoms with E-state index in [1.807, 2.05) is 109 Å². The van der Waals surface area contributed by atoms with Gasteiger partial charge in [0.25, 0.3) is 0 Å². The zero-order valence-corrected chi connectivity index (χ0v) is 30.6. The fraction of sp³-hybridized carbons (Fsp3) is 0.513. The molecule has 2 saturated heterocycles. The predicted molar refractivity (Wildman–Crippen MR) is 197 cm³/mol. The molecule has 9 heteroatoms. The summed E-state index contributed by atoms with van der Waals surface area (Å²) in [6, 6.07) is 24.5. The normalized spacial score (nSPS) is 18.6. The third-order valence-corrected chi connectivity index (χ3v) is 8.09. The number of ether oxygens (including phenoxy) is 4. The SMILES string of the molecule is CC(C)Oc1ccc(N2CC[C@@H](Oc3ccc([C@H](C)N)cc3)C2)cc1.C[C@H](CC(=O)OC(C)(C)C)c1ccc(O[C@@H]2CCNC2)cc1.Cl. The van der Waals surface area contributed by atoms with E-state index in [1.54, 1.807) is 0 Å². The first-order valence-corrected chi connectivity index (χ1v) is 17.1. The summed E-state index contributed by atoms with van der Waals surface area (Å²) in [5.74, 6) is 2.70. The van der Waals surface area contributed by atoms with Crippen LogP contribution in [0.15, 0.2) is 72.8 Å². The zero-order valence-electron chi connectivity index (χ0n) is 29.7. The quantitative estimate of drug-likeness (QED) is 0.198. The number of hydrogen-bond acceptors (Lipinski definition) is 8. The number of carbonyl (C=O) groups is 1. The Kier molecular flexibility index (Phi) is 14.9. The second-order valence-electron chi connectivity index (χ2n) is 14.0. The van der Waals surface area contributed by atoms with Gasteiger partial charge >= 0.3 is 5.97 Å². The second-order valence-corrected chi connectivity index (χ2v) is 14.0. The summed E-state index contributed by atoms with van der Waals surface area (Å²) < 4.78 is 23.1. The molecule has 0 aromatic heterocycles. The average molecular weight is 682 g/mol. The van der Waals surface area contributed by atoms with Gasteiger partial charge in [0.2, 0.25) is 0 Å². The second kappa shape index (κ2) is 18.3. The van der Waals surface area contributed by atoms with Crippen molar-refractivity contribution in [1.29, 1.82) is 0 Å². The number of nitrogens with zero attached hydrogens (tertiary/aromatic N) is 1. The number of anilines is 1. The molecule has 3 aromatic rings. The summed E-state index contributed by atoms with van der Waals surface area (Å²) in [6.45, 7) is 17.6. The summed E-state index contributed by atoms with van der Waals surface area (Å²) in [7, 11) is 0. The molecule has 0 amide bonds. The van der Waals surface area contributed by atoms with Gasteiger partial charge in [-0.15, -0.1) is 12.4 Å². The number of nitrogens with two attached hydrogens (primary N) is 1. The highest BCUT2D eigenvalue weighted by Crippen LogP contribution is 2.27. The zero-order chi connectivity index (χ0) is 34.0. The third kappa shape index (κ3) is 12.9. The van der Waals surface area contributed by atoms with Crippen LogP contribution in [0.3, 0.4) is 0 Å². The Morgan fingerprint density at radius 1 is 0.833 bits per heavy atom. The Bertz CT molecular complexity index is 1370. The highest BCUT2D eigenvalue weighted by Gasteiger charge is 2.24. The molecule has 2 aliphatic heterocycles. The molecule has 48 heavy (non-hydrogen) atoms. The monoisotopic (exact) mass is 681 g/mol. The lowest BCUT2D eigenvalue weighted by Crippen LogP contribution is -2.24. The van der Waals surface area contributed by atoms with E-state index in [-0.39, 0.29) is 48.6 Å². The summed E-state index contributed by atoms with van der Waals surface area (Å²) in [5, 5.41) is 3.29. The van der Waals surface area contributed by atoms with Crippen molar-refractivity contribution in [2.45, 2.75) is 104 Å². The van der Waals surface area contributed by atoms with E-state index in [1.165, 1.54) is 5.69 Å². The van der Waals surface area contributed by atoms with E-state index < -0.39 is 5.60 Å². The standard InChI is InChI=1S/C21H28N2O2.C18H27NO3.ClH/c1-15(2)24-19-10-6-18(7-11-19)23-13-12-21(14-23)25-20-8-4-17(5-9-20)16(3)22;1-13(11-17(20)22-18(2,3)4)14-5-7-15(8-6-14)21-16-9-10-19-12-16;/h4-11,15-16,21H,12-14,22H2,1-3H3;5-8,13,16,19H,9-12H2,1-4H3;1H/t16-,21+;13-,16-;/m01./s1. The van der Waals surface area contributed by atoms with Crippen LogP contribution in [0, 0.1) is 0 Å². The van der Waals surface area contributed by atoms with Crippen LogP contribution in [-0.2, 0) is 9.53 Å². The summed E-state index contributed by atoms with van der Waals surface area (Å²) in [4.78, 5) is 14.2. The summed E-state index contributed by atoms with van der Waals surface area (Å²) in [5.41, 5.74) is 8.94. The molecule has 0 bridgehead atoms. The minimum absolute atomic E-state index is 0. The maximum atomic E-state index is 11.9. The van der Waals surface area contributed by atoms with E-state index in [0.717, 1.165) is 67.4 Å². The van der Waals surface area contributed by atoms with Gasteiger partial charge in [0, 0.05) is 31.2 Å². The van der Waals surface area contributed by atoms with Gasteiger partial charge in [0.1, 0.15) is 35.1 Å². The summed E-state index contributed by atoms with van der Waals surface area (Å²) >= 11 is 0. The Balaban J connectivity index is 0.000000257. The Morgan fingerprint density at radius 3 is 1.92 bits per heavy atom. The topological polar surface area (TPSA) is 95.3 Å². The van der Waals surface area contributed by atoms with Gasteiger partial charge < -0.3 is 34.9 Å². The van der Waals surface area contributed by atoms with Gasteiger partial charge in [-0.1, -0.05) is 31.2 Å². The molecule has 8 nitrogen and oxygen atoms in total. The maximum absolute atomic E-state index is 11.9. The maximum Gasteiger partial charge on any atom is 0.306 e. The van der Waals surface area contributed by atoms with Crippen molar-refractivity contribution in [2.24, 2.45) is 5.73 Å². The lowest BCUT2D eigenvalue weighted by atomic mass is 9.98. The van der Waals surface area contributed by atoms with Gasteiger partial charge in [0.15, 0.2) is 0 Å². The Hall–Kier alpha value is -3.46. The smallest absolute Gasteiger partial charge is 0.306 e. The molecule has 2 fully saturated rings. The van der Waals surface area contributed by atoms with E-state index in [2.05, 4.69) is 22.3 Å². The highest BCUT2D eigenvalue weighted by atomic mass is 35.5. The van der Waals surface area contributed by atoms with Crippen molar-refractivity contribution in [3.63, 3.8) is 0 Å². The van der Waals surface area contributed by atoms with E-state index >= 15 is 0 Å². The van der Waals surface area contributed by atoms with Crippen LogP contribution in [0.25, 0.3) is 0 Å². The van der Waals surface area contributed by atoms with E-state index in [0.29, 0.717) is 6.42 Å². The fourth-order valence-electron chi connectivity index (χ4n) is 5.66. The van der Waals surface area contributed by atoms with Gasteiger partial charge in [-0.3, -0.25) is 4.79 Å². The molecule has 2 aliphatic rings. The largest absolute Gasteiger partial charge is 0.491 e. The van der Waals surface area contributed by atoms with E-state index in [9.17, 15) is 4.79 Å². The van der Waals surface area contributed by atoms with Crippen molar-refractivity contribution in [3.05, 3.63) is 83.9 Å². The third-order valence-electron chi connectivity index (χ3n) is 8.09. The first-order valence-electron chi connectivity index (χ1n) is 17.1. The molecule has 0 spiro atoms. The molecule has 0 radical (unpaired) electrons. The van der Waals surface area contributed by atoms with Crippen LogP contribution in [0.1, 0.15) is 90.8 Å². The first kappa shape index (κ1) is 39.0. The Morgan fingerprint density at radius 2 is 1.40 bits per heavy atom. The van der Waals surface area contributed by atoms with Crippen LogP contribution in [0.4, 0.5) is 5.69 Å². The molecule has 264 valence electrons. The van der Waals surface area contributed by atoms with E-state index in [4.69, 9.17) is 24.7 Å². The minimum Gasteiger partial charge on any atom is -0.491 e. The number of nitrogens with one attached hydrogen (secondary N) is 1.